The highest BCUT2D eigenvalue weighted by Crippen LogP contribution is 2.31. The Labute approximate surface area is 129 Å². The molecule has 108 valence electrons. The zero-order valence-corrected chi connectivity index (χ0v) is 13.7. The van der Waals surface area contributed by atoms with E-state index in [1.165, 1.54) is 0 Å². The Morgan fingerprint density at radius 3 is 2.55 bits per heavy atom. The SMILES string of the molecule is CCC(CC)(CNc1nc(Cl)nc2ccccc12)SC. The molecule has 1 heterocycles. The van der Waals surface area contributed by atoms with Crippen molar-refractivity contribution >= 4 is 40.1 Å². The molecular formula is C15H20ClN3S. The quantitative estimate of drug-likeness (QED) is 0.790. The van der Waals surface area contributed by atoms with Gasteiger partial charge in [0.25, 0.3) is 0 Å². The number of aromatic nitrogens is 2. The van der Waals surface area contributed by atoms with E-state index in [4.69, 9.17) is 11.6 Å². The molecule has 0 bridgehead atoms. The predicted octanol–water partition coefficient (Wildman–Crippen LogP) is 4.62. The van der Waals surface area contributed by atoms with Crippen LogP contribution in [0.3, 0.4) is 0 Å². The van der Waals surface area contributed by atoms with Gasteiger partial charge < -0.3 is 5.32 Å². The third-order valence-electron chi connectivity index (χ3n) is 3.88. The lowest BCUT2D eigenvalue weighted by molar-refractivity contribution is 0.574. The van der Waals surface area contributed by atoms with Crippen LogP contribution < -0.4 is 5.32 Å². The first-order valence-electron chi connectivity index (χ1n) is 6.85. The topological polar surface area (TPSA) is 37.8 Å². The van der Waals surface area contributed by atoms with Crippen molar-refractivity contribution in [3.05, 3.63) is 29.5 Å². The van der Waals surface area contributed by atoms with Gasteiger partial charge in [0.15, 0.2) is 0 Å². The van der Waals surface area contributed by atoms with Crippen molar-refractivity contribution in [3.63, 3.8) is 0 Å². The normalized spacial score (nSPS) is 11.8. The second kappa shape index (κ2) is 6.64. The highest BCUT2D eigenvalue weighted by Gasteiger charge is 2.25. The molecule has 0 aliphatic carbocycles. The molecule has 3 nitrogen and oxygen atoms in total. The van der Waals surface area contributed by atoms with E-state index in [-0.39, 0.29) is 10.0 Å². The molecule has 0 radical (unpaired) electrons. The average molecular weight is 310 g/mol. The number of nitrogens with one attached hydrogen (secondary N) is 1. The fraction of sp³-hybridized carbons (Fsp3) is 0.467. The highest BCUT2D eigenvalue weighted by atomic mass is 35.5. The van der Waals surface area contributed by atoms with Crippen LogP contribution in [0.4, 0.5) is 5.82 Å². The summed E-state index contributed by atoms with van der Waals surface area (Å²) in [6.45, 7) is 5.33. The lowest BCUT2D eigenvalue weighted by atomic mass is 10.0. The summed E-state index contributed by atoms with van der Waals surface area (Å²) in [6.07, 6.45) is 4.41. The van der Waals surface area contributed by atoms with Crippen LogP contribution in [0.15, 0.2) is 24.3 Å². The number of fused-ring (bicyclic) bond motifs is 1. The predicted molar refractivity (Wildman–Crippen MR) is 89.9 cm³/mol. The van der Waals surface area contributed by atoms with Gasteiger partial charge in [-0.15, -0.1) is 0 Å². The van der Waals surface area contributed by atoms with Crippen LogP contribution in [0, 0.1) is 0 Å². The number of nitrogens with zero attached hydrogens (tertiary/aromatic N) is 2. The Bertz CT molecular complexity index is 576. The smallest absolute Gasteiger partial charge is 0.224 e. The third-order valence-corrected chi connectivity index (χ3v) is 5.63. The first-order chi connectivity index (χ1) is 9.64. The van der Waals surface area contributed by atoms with Crippen LogP contribution in [0.2, 0.25) is 5.28 Å². The van der Waals surface area contributed by atoms with Crippen molar-refractivity contribution in [1.29, 1.82) is 0 Å². The van der Waals surface area contributed by atoms with Crippen LogP contribution in [0.25, 0.3) is 10.9 Å². The van der Waals surface area contributed by atoms with Crippen LogP contribution >= 0.6 is 23.4 Å². The molecule has 2 aromatic rings. The molecule has 1 aromatic carbocycles. The van der Waals surface area contributed by atoms with Crippen molar-refractivity contribution in [2.24, 2.45) is 0 Å². The van der Waals surface area contributed by atoms with Crippen LogP contribution in [-0.2, 0) is 0 Å². The summed E-state index contributed by atoms with van der Waals surface area (Å²) in [5.41, 5.74) is 0.873. The van der Waals surface area contributed by atoms with E-state index in [0.29, 0.717) is 0 Å². The zero-order valence-electron chi connectivity index (χ0n) is 12.1. The van der Waals surface area contributed by atoms with Crippen LogP contribution in [0.1, 0.15) is 26.7 Å². The molecule has 1 aromatic heterocycles. The maximum Gasteiger partial charge on any atom is 0.224 e. The Morgan fingerprint density at radius 2 is 1.90 bits per heavy atom. The molecule has 0 aliphatic heterocycles. The molecule has 2 rings (SSSR count). The Morgan fingerprint density at radius 1 is 1.20 bits per heavy atom. The molecule has 0 saturated carbocycles. The average Bonchev–Trinajstić information content (AvgIpc) is 2.49. The lowest BCUT2D eigenvalue weighted by Crippen LogP contribution is -2.32. The molecule has 20 heavy (non-hydrogen) atoms. The second-order valence-electron chi connectivity index (χ2n) is 4.81. The van der Waals surface area contributed by atoms with E-state index in [1.54, 1.807) is 0 Å². The number of anilines is 1. The van der Waals surface area contributed by atoms with Crippen molar-refractivity contribution in [1.82, 2.24) is 9.97 Å². The van der Waals surface area contributed by atoms with Crippen molar-refractivity contribution in [2.75, 3.05) is 18.1 Å². The molecule has 0 aliphatic rings. The fourth-order valence-electron chi connectivity index (χ4n) is 2.29. The zero-order chi connectivity index (χ0) is 14.6. The largest absolute Gasteiger partial charge is 0.368 e. The van der Waals surface area contributed by atoms with Gasteiger partial charge in [-0.05, 0) is 42.8 Å². The molecule has 0 amide bonds. The minimum atomic E-state index is 0.235. The van der Waals surface area contributed by atoms with Crippen LogP contribution in [-0.4, -0.2) is 27.5 Å². The number of hydrogen-bond donors (Lipinski definition) is 1. The monoisotopic (exact) mass is 309 g/mol. The minimum absolute atomic E-state index is 0.235. The molecule has 0 unspecified atom stereocenters. The summed E-state index contributed by atoms with van der Waals surface area (Å²) in [6, 6.07) is 7.92. The highest BCUT2D eigenvalue weighted by molar-refractivity contribution is 8.00. The minimum Gasteiger partial charge on any atom is -0.368 e. The van der Waals surface area contributed by atoms with E-state index in [1.807, 2.05) is 36.0 Å². The lowest BCUT2D eigenvalue weighted by Gasteiger charge is -2.30. The van der Waals surface area contributed by atoms with Gasteiger partial charge in [0.2, 0.25) is 5.28 Å². The van der Waals surface area contributed by atoms with Crippen molar-refractivity contribution in [3.8, 4) is 0 Å². The van der Waals surface area contributed by atoms with Gasteiger partial charge in [-0.3, -0.25) is 0 Å². The summed E-state index contributed by atoms with van der Waals surface area (Å²) in [4.78, 5) is 8.59. The Hall–Kier alpha value is -1.00. The number of hydrogen-bond acceptors (Lipinski definition) is 4. The summed E-state index contributed by atoms with van der Waals surface area (Å²) in [7, 11) is 0. The molecule has 1 N–H and O–H groups in total. The summed E-state index contributed by atoms with van der Waals surface area (Å²) in [5.74, 6) is 0.820. The number of rotatable bonds is 6. The summed E-state index contributed by atoms with van der Waals surface area (Å²) in [5, 5.41) is 4.76. The number of halogens is 1. The van der Waals surface area contributed by atoms with Crippen LogP contribution in [0.5, 0.6) is 0 Å². The van der Waals surface area contributed by atoms with Crippen molar-refractivity contribution in [2.45, 2.75) is 31.4 Å². The van der Waals surface area contributed by atoms with E-state index in [2.05, 4.69) is 35.4 Å². The molecular weight excluding hydrogens is 290 g/mol. The second-order valence-corrected chi connectivity index (χ2v) is 6.42. The molecule has 0 spiro atoms. The van der Waals surface area contributed by atoms with Gasteiger partial charge in [0, 0.05) is 16.7 Å². The molecule has 0 saturated heterocycles. The maximum absolute atomic E-state index is 6.01. The third kappa shape index (κ3) is 3.18. The Balaban J connectivity index is 2.30. The van der Waals surface area contributed by atoms with E-state index < -0.39 is 0 Å². The van der Waals surface area contributed by atoms with E-state index in [9.17, 15) is 0 Å². The first-order valence-corrected chi connectivity index (χ1v) is 8.45. The van der Waals surface area contributed by atoms with Gasteiger partial charge in [-0.2, -0.15) is 11.8 Å². The van der Waals surface area contributed by atoms with E-state index >= 15 is 0 Å². The maximum atomic E-state index is 6.01. The summed E-state index contributed by atoms with van der Waals surface area (Å²) < 4.78 is 0.235. The number of thioether (sulfide) groups is 1. The van der Waals surface area contributed by atoms with Gasteiger partial charge in [-0.1, -0.05) is 26.0 Å². The molecule has 5 heteroatoms. The standard InChI is InChI=1S/C15H20ClN3S/c1-4-15(5-2,20-3)10-17-13-11-8-6-7-9-12(11)18-14(16)19-13/h6-9H,4-5,10H2,1-3H3,(H,17,18,19). The van der Waals surface area contributed by atoms with Crippen molar-refractivity contribution < 1.29 is 0 Å². The van der Waals surface area contributed by atoms with Gasteiger partial charge >= 0.3 is 0 Å². The summed E-state index contributed by atoms with van der Waals surface area (Å²) >= 11 is 7.92. The molecule has 0 atom stereocenters. The first kappa shape index (κ1) is 15.4. The van der Waals surface area contributed by atoms with E-state index in [0.717, 1.165) is 36.1 Å². The fourth-order valence-corrected chi connectivity index (χ4v) is 3.26. The molecule has 0 fully saturated rings. The number of para-hydroxylation sites is 1. The van der Waals surface area contributed by atoms with Gasteiger partial charge in [-0.25, -0.2) is 9.97 Å². The number of benzene rings is 1. The van der Waals surface area contributed by atoms with Gasteiger partial charge in [0.1, 0.15) is 5.82 Å². The van der Waals surface area contributed by atoms with Gasteiger partial charge in [0.05, 0.1) is 5.52 Å². The Kier molecular flexibility index (Phi) is 5.11.